The van der Waals surface area contributed by atoms with Crippen LogP contribution in [0.3, 0.4) is 0 Å². The Hall–Kier alpha value is -2.48. The SMILES string of the molecule is CS(=O)(=O)c1cccc(N2CCc3ccc(F)cc3C2)c1[N+](=O)[O-]. The van der Waals surface area contributed by atoms with Gasteiger partial charge in [0.2, 0.25) is 0 Å². The predicted molar refractivity (Wildman–Crippen MR) is 87.4 cm³/mol. The quantitative estimate of drug-likeness (QED) is 0.628. The first-order valence-corrected chi connectivity index (χ1v) is 9.16. The van der Waals surface area contributed by atoms with Crippen LogP contribution in [0.25, 0.3) is 0 Å². The molecule has 0 radical (unpaired) electrons. The summed E-state index contributed by atoms with van der Waals surface area (Å²) in [6.45, 7) is 0.786. The van der Waals surface area contributed by atoms with Crippen LogP contribution in [0.1, 0.15) is 11.1 Å². The molecule has 1 aliphatic heterocycles. The maximum atomic E-state index is 13.4. The molecule has 0 saturated heterocycles. The summed E-state index contributed by atoms with van der Waals surface area (Å²) in [6, 6.07) is 8.75. The zero-order valence-corrected chi connectivity index (χ0v) is 13.7. The summed E-state index contributed by atoms with van der Waals surface area (Å²) in [6.07, 6.45) is 1.55. The fourth-order valence-electron chi connectivity index (χ4n) is 2.98. The second-order valence-corrected chi connectivity index (χ2v) is 7.72. The number of nitro groups is 1. The zero-order valence-electron chi connectivity index (χ0n) is 12.9. The molecule has 126 valence electrons. The Kier molecular flexibility index (Phi) is 4.00. The van der Waals surface area contributed by atoms with Crippen LogP contribution in [0, 0.1) is 15.9 Å². The second-order valence-electron chi connectivity index (χ2n) is 5.74. The van der Waals surface area contributed by atoms with Gasteiger partial charge in [0.25, 0.3) is 0 Å². The van der Waals surface area contributed by atoms with Crippen molar-refractivity contribution in [3.05, 3.63) is 63.5 Å². The molecule has 0 aromatic heterocycles. The van der Waals surface area contributed by atoms with Crippen molar-refractivity contribution in [2.45, 2.75) is 17.9 Å². The first-order chi connectivity index (χ1) is 11.3. The first-order valence-electron chi connectivity index (χ1n) is 7.27. The normalized spacial score (nSPS) is 14.3. The number of hydrogen-bond acceptors (Lipinski definition) is 5. The predicted octanol–water partition coefficient (Wildman–Crippen LogP) is 2.70. The lowest BCUT2D eigenvalue weighted by Gasteiger charge is -2.30. The van der Waals surface area contributed by atoms with E-state index >= 15 is 0 Å². The van der Waals surface area contributed by atoms with Crippen LogP contribution < -0.4 is 4.90 Å². The third kappa shape index (κ3) is 2.96. The lowest BCUT2D eigenvalue weighted by Crippen LogP contribution is -2.31. The maximum absolute atomic E-state index is 13.4. The molecule has 0 unspecified atom stereocenters. The molecule has 0 N–H and O–H groups in total. The van der Waals surface area contributed by atoms with Crippen LogP contribution >= 0.6 is 0 Å². The van der Waals surface area contributed by atoms with E-state index in [1.807, 2.05) is 0 Å². The Labute approximate surface area is 138 Å². The third-order valence-electron chi connectivity index (χ3n) is 4.08. The fraction of sp³-hybridized carbons (Fsp3) is 0.250. The Morgan fingerprint density at radius 2 is 1.96 bits per heavy atom. The van der Waals surface area contributed by atoms with Gasteiger partial charge in [-0.25, -0.2) is 12.8 Å². The maximum Gasteiger partial charge on any atom is 0.311 e. The van der Waals surface area contributed by atoms with Gasteiger partial charge in [-0.15, -0.1) is 0 Å². The number of hydrogen-bond donors (Lipinski definition) is 0. The number of fused-ring (bicyclic) bond motifs is 1. The summed E-state index contributed by atoms with van der Waals surface area (Å²) in [5.41, 5.74) is 1.55. The number of nitro benzene ring substituents is 1. The highest BCUT2D eigenvalue weighted by Crippen LogP contribution is 2.36. The van der Waals surface area contributed by atoms with Crippen LogP contribution in [0.4, 0.5) is 15.8 Å². The van der Waals surface area contributed by atoms with Crippen LogP contribution in [-0.2, 0) is 22.8 Å². The number of anilines is 1. The zero-order chi connectivity index (χ0) is 17.5. The van der Waals surface area contributed by atoms with Gasteiger partial charge in [0, 0.05) is 19.3 Å². The molecule has 0 aliphatic carbocycles. The van der Waals surface area contributed by atoms with Crippen molar-refractivity contribution in [1.29, 1.82) is 0 Å². The number of rotatable bonds is 3. The van der Waals surface area contributed by atoms with Crippen molar-refractivity contribution < 1.29 is 17.7 Å². The number of benzene rings is 2. The summed E-state index contributed by atoms with van der Waals surface area (Å²) in [4.78, 5) is 12.2. The molecule has 1 aliphatic rings. The van der Waals surface area contributed by atoms with Gasteiger partial charge >= 0.3 is 5.69 Å². The highest BCUT2D eigenvalue weighted by atomic mass is 32.2. The van der Waals surface area contributed by atoms with Crippen molar-refractivity contribution in [1.82, 2.24) is 0 Å². The van der Waals surface area contributed by atoms with Gasteiger partial charge < -0.3 is 4.90 Å². The molecule has 3 rings (SSSR count). The first kappa shape index (κ1) is 16.4. The summed E-state index contributed by atoms with van der Waals surface area (Å²) in [5.74, 6) is -0.366. The van der Waals surface area contributed by atoms with E-state index in [9.17, 15) is 22.9 Å². The number of nitrogens with zero attached hydrogens (tertiary/aromatic N) is 2. The van der Waals surface area contributed by atoms with Gasteiger partial charge in [-0.2, -0.15) is 0 Å². The van der Waals surface area contributed by atoms with Gasteiger partial charge in [-0.3, -0.25) is 10.1 Å². The standard InChI is InChI=1S/C16H15FN2O4S/c1-24(22,23)15-4-2-3-14(16(15)19(20)21)18-8-7-11-5-6-13(17)9-12(11)10-18/h2-6,9H,7-8,10H2,1H3. The van der Waals surface area contributed by atoms with E-state index in [0.717, 1.165) is 17.4 Å². The van der Waals surface area contributed by atoms with E-state index in [4.69, 9.17) is 0 Å². The van der Waals surface area contributed by atoms with Crippen molar-refractivity contribution in [2.24, 2.45) is 0 Å². The van der Waals surface area contributed by atoms with Crippen molar-refractivity contribution >= 4 is 21.2 Å². The molecule has 6 nitrogen and oxygen atoms in total. The molecule has 0 amide bonds. The molecule has 2 aromatic carbocycles. The molecular weight excluding hydrogens is 335 g/mol. The van der Waals surface area contributed by atoms with Crippen LogP contribution in [-0.4, -0.2) is 26.1 Å². The van der Waals surface area contributed by atoms with Gasteiger partial charge in [0.15, 0.2) is 9.84 Å². The lowest BCUT2D eigenvalue weighted by atomic mass is 9.99. The van der Waals surface area contributed by atoms with Crippen LogP contribution in [0.15, 0.2) is 41.3 Å². The molecule has 0 saturated carbocycles. The number of para-hydroxylation sites is 1. The topological polar surface area (TPSA) is 80.5 Å². The van der Waals surface area contributed by atoms with Gasteiger partial charge in [0.05, 0.1) is 4.92 Å². The van der Waals surface area contributed by atoms with Crippen molar-refractivity contribution in [3.63, 3.8) is 0 Å². The highest BCUT2D eigenvalue weighted by molar-refractivity contribution is 7.90. The summed E-state index contributed by atoms with van der Waals surface area (Å²) in [5, 5.41) is 11.5. The Balaban J connectivity index is 2.09. The van der Waals surface area contributed by atoms with E-state index in [-0.39, 0.29) is 16.4 Å². The Bertz CT molecular complexity index is 928. The summed E-state index contributed by atoms with van der Waals surface area (Å²) >= 11 is 0. The monoisotopic (exact) mass is 350 g/mol. The fourth-order valence-corrected chi connectivity index (χ4v) is 3.84. The van der Waals surface area contributed by atoms with E-state index in [0.29, 0.717) is 19.5 Å². The average molecular weight is 350 g/mol. The van der Waals surface area contributed by atoms with E-state index < -0.39 is 20.4 Å². The second kappa shape index (κ2) is 5.86. The highest BCUT2D eigenvalue weighted by Gasteiger charge is 2.30. The van der Waals surface area contributed by atoms with Gasteiger partial charge in [0.1, 0.15) is 16.4 Å². The van der Waals surface area contributed by atoms with Crippen LogP contribution in [0.2, 0.25) is 0 Å². The van der Waals surface area contributed by atoms with E-state index in [1.165, 1.54) is 30.3 Å². The molecule has 0 fully saturated rings. The molecule has 0 spiro atoms. The number of halogens is 1. The Morgan fingerprint density at radius 3 is 2.62 bits per heavy atom. The minimum Gasteiger partial charge on any atom is -0.361 e. The molecular formula is C16H15FN2O4S. The van der Waals surface area contributed by atoms with E-state index in [1.54, 1.807) is 11.0 Å². The van der Waals surface area contributed by atoms with Crippen molar-refractivity contribution in [3.8, 4) is 0 Å². The van der Waals surface area contributed by atoms with Crippen molar-refractivity contribution in [2.75, 3.05) is 17.7 Å². The minimum absolute atomic E-state index is 0.234. The van der Waals surface area contributed by atoms with Crippen LogP contribution in [0.5, 0.6) is 0 Å². The minimum atomic E-state index is -3.74. The average Bonchev–Trinajstić information content (AvgIpc) is 2.52. The smallest absolute Gasteiger partial charge is 0.311 e. The summed E-state index contributed by atoms with van der Waals surface area (Å²) in [7, 11) is -3.74. The number of sulfone groups is 1. The van der Waals surface area contributed by atoms with E-state index in [2.05, 4.69) is 0 Å². The van der Waals surface area contributed by atoms with Gasteiger partial charge in [-0.05, 0) is 41.8 Å². The molecule has 1 heterocycles. The lowest BCUT2D eigenvalue weighted by molar-refractivity contribution is -0.387. The Morgan fingerprint density at radius 1 is 1.21 bits per heavy atom. The molecule has 0 bridgehead atoms. The van der Waals surface area contributed by atoms with Gasteiger partial charge in [-0.1, -0.05) is 12.1 Å². The summed E-state index contributed by atoms with van der Waals surface area (Å²) < 4.78 is 37.2. The molecule has 8 heteroatoms. The largest absolute Gasteiger partial charge is 0.361 e. The molecule has 0 atom stereocenters. The molecule has 24 heavy (non-hydrogen) atoms. The molecule has 2 aromatic rings. The third-order valence-corrected chi connectivity index (χ3v) is 5.21.